The van der Waals surface area contributed by atoms with E-state index in [-0.39, 0.29) is 18.5 Å². The zero-order valence-electron chi connectivity index (χ0n) is 11.3. The molecule has 1 rings (SSSR count). The Balaban J connectivity index is 2.42. The van der Waals surface area contributed by atoms with E-state index in [0.717, 1.165) is 5.56 Å². The summed E-state index contributed by atoms with van der Waals surface area (Å²) in [6.07, 6.45) is 0.507. The van der Waals surface area contributed by atoms with E-state index in [1.54, 1.807) is 11.9 Å². The van der Waals surface area contributed by atoms with E-state index in [0.29, 0.717) is 13.0 Å². The predicted molar refractivity (Wildman–Crippen MR) is 72.9 cm³/mol. The third kappa shape index (κ3) is 4.99. The van der Waals surface area contributed by atoms with Gasteiger partial charge in [0.15, 0.2) is 0 Å². The van der Waals surface area contributed by atoms with Crippen molar-refractivity contribution in [2.24, 2.45) is 0 Å². The third-order valence-corrected chi connectivity index (χ3v) is 3.03. The Morgan fingerprint density at radius 2 is 1.95 bits per heavy atom. The van der Waals surface area contributed by atoms with Crippen LogP contribution in [0.25, 0.3) is 0 Å². The molecule has 0 aliphatic rings. The zero-order valence-corrected chi connectivity index (χ0v) is 11.3. The molecule has 2 N–H and O–H groups in total. The number of hydrogen-bond donors (Lipinski definition) is 2. The first kappa shape index (κ1) is 15.0. The molecule has 104 valence electrons. The summed E-state index contributed by atoms with van der Waals surface area (Å²) in [5.41, 5.74) is 1.06. The van der Waals surface area contributed by atoms with Gasteiger partial charge in [0.25, 0.3) is 0 Å². The molecule has 1 atom stereocenters. The molecule has 0 radical (unpaired) electrons. The third-order valence-electron chi connectivity index (χ3n) is 3.03. The summed E-state index contributed by atoms with van der Waals surface area (Å²) in [4.78, 5) is 23.8. The maximum atomic E-state index is 11.9. The van der Waals surface area contributed by atoms with Crippen molar-refractivity contribution in [2.75, 3.05) is 13.6 Å². The summed E-state index contributed by atoms with van der Waals surface area (Å²) >= 11 is 0. The molecule has 1 unspecified atom stereocenters. The van der Waals surface area contributed by atoms with E-state index in [2.05, 4.69) is 5.32 Å². The largest absolute Gasteiger partial charge is 0.481 e. The van der Waals surface area contributed by atoms with Crippen LogP contribution in [0.15, 0.2) is 30.3 Å². The van der Waals surface area contributed by atoms with Crippen molar-refractivity contribution in [3.8, 4) is 0 Å². The molecule has 0 fully saturated rings. The van der Waals surface area contributed by atoms with Crippen LogP contribution in [0.4, 0.5) is 4.79 Å². The van der Waals surface area contributed by atoms with E-state index in [1.165, 1.54) is 0 Å². The summed E-state index contributed by atoms with van der Waals surface area (Å²) in [5, 5.41) is 11.2. The van der Waals surface area contributed by atoms with Crippen LogP contribution in [0, 0.1) is 0 Å². The van der Waals surface area contributed by atoms with Crippen molar-refractivity contribution in [3.63, 3.8) is 0 Å². The first-order valence-electron chi connectivity index (χ1n) is 6.29. The monoisotopic (exact) mass is 264 g/mol. The molecule has 0 spiro atoms. The molecule has 5 nitrogen and oxygen atoms in total. The number of benzene rings is 1. The number of nitrogens with zero attached hydrogens (tertiary/aromatic N) is 1. The van der Waals surface area contributed by atoms with Gasteiger partial charge in [-0.3, -0.25) is 4.79 Å². The standard InChI is InChI=1S/C14H20N2O3/c1-11(12-7-4-3-5-8-12)16(2)14(19)15-10-6-9-13(17)18/h3-5,7-8,11H,6,9-10H2,1-2H3,(H,15,19)(H,17,18). The van der Waals surface area contributed by atoms with E-state index < -0.39 is 5.97 Å². The molecule has 2 amide bonds. The van der Waals surface area contributed by atoms with Crippen LogP contribution in [0.1, 0.15) is 31.4 Å². The number of aliphatic carboxylic acids is 1. The van der Waals surface area contributed by atoms with Crippen LogP contribution in [0.3, 0.4) is 0 Å². The maximum absolute atomic E-state index is 11.9. The van der Waals surface area contributed by atoms with Gasteiger partial charge in [-0.15, -0.1) is 0 Å². The van der Waals surface area contributed by atoms with E-state index >= 15 is 0 Å². The van der Waals surface area contributed by atoms with Gasteiger partial charge in [-0.25, -0.2) is 4.79 Å². The lowest BCUT2D eigenvalue weighted by Crippen LogP contribution is -2.39. The molecule has 1 aromatic carbocycles. The fourth-order valence-electron chi connectivity index (χ4n) is 1.69. The first-order valence-corrected chi connectivity index (χ1v) is 6.29. The van der Waals surface area contributed by atoms with Crippen molar-refractivity contribution in [2.45, 2.75) is 25.8 Å². The van der Waals surface area contributed by atoms with Gasteiger partial charge >= 0.3 is 12.0 Å². The number of rotatable bonds is 6. The normalized spacial score (nSPS) is 11.7. The molecular formula is C14H20N2O3. The summed E-state index contributed by atoms with van der Waals surface area (Å²) < 4.78 is 0. The SMILES string of the molecule is CC(c1ccccc1)N(C)C(=O)NCCCC(=O)O. The van der Waals surface area contributed by atoms with Crippen molar-refractivity contribution in [1.82, 2.24) is 10.2 Å². The summed E-state index contributed by atoms with van der Waals surface area (Å²) in [6.45, 7) is 2.32. The number of carboxylic acid groups (broad SMARTS) is 1. The topological polar surface area (TPSA) is 69.6 Å². The smallest absolute Gasteiger partial charge is 0.317 e. The molecule has 0 heterocycles. The van der Waals surface area contributed by atoms with Crippen LogP contribution in [-0.2, 0) is 4.79 Å². The van der Waals surface area contributed by atoms with Crippen LogP contribution in [-0.4, -0.2) is 35.6 Å². The van der Waals surface area contributed by atoms with Gasteiger partial charge in [-0.1, -0.05) is 30.3 Å². The minimum absolute atomic E-state index is 0.0272. The van der Waals surface area contributed by atoms with Gasteiger partial charge in [0, 0.05) is 20.0 Å². The van der Waals surface area contributed by atoms with Gasteiger partial charge in [-0.05, 0) is 18.9 Å². The Morgan fingerprint density at radius 1 is 1.32 bits per heavy atom. The molecule has 0 saturated carbocycles. The van der Waals surface area contributed by atoms with E-state index in [1.807, 2.05) is 37.3 Å². The second kappa shape index (κ2) is 7.41. The summed E-state index contributed by atoms with van der Waals surface area (Å²) in [7, 11) is 1.73. The lowest BCUT2D eigenvalue weighted by atomic mass is 10.1. The Labute approximate surface area is 113 Å². The van der Waals surface area contributed by atoms with Crippen molar-refractivity contribution in [1.29, 1.82) is 0 Å². The van der Waals surface area contributed by atoms with Crippen LogP contribution in [0.5, 0.6) is 0 Å². The minimum atomic E-state index is -0.847. The lowest BCUT2D eigenvalue weighted by Gasteiger charge is -2.25. The highest BCUT2D eigenvalue weighted by atomic mass is 16.4. The summed E-state index contributed by atoms with van der Waals surface area (Å²) in [5.74, 6) is -0.847. The molecule has 0 aliphatic heterocycles. The molecular weight excluding hydrogens is 244 g/mol. The quantitative estimate of drug-likeness (QED) is 0.774. The highest BCUT2D eigenvalue weighted by molar-refractivity contribution is 5.74. The average molecular weight is 264 g/mol. The van der Waals surface area contributed by atoms with Crippen LogP contribution >= 0.6 is 0 Å². The Kier molecular flexibility index (Phi) is 5.85. The maximum Gasteiger partial charge on any atom is 0.317 e. The number of carbonyl (C=O) groups is 2. The van der Waals surface area contributed by atoms with Crippen LogP contribution in [0.2, 0.25) is 0 Å². The molecule has 19 heavy (non-hydrogen) atoms. The Morgan fingerprint density at radius 3 is 2.53 bits per heavy atom. The predicted octanol–water partition coefficient (Wildman–Crippen LogP) is 2.25. The molecule has 0 aliphatic carbocycles. The number of carboxylic acids is 1. The fourth-order valence-corrected chi connectivity index (χ4v) is 1.69. The highest BCUT2D eigenvalue weighted by Crippen LogP contribution is 2.17. The Bertz CT molecular complexity index is 420. The highest BCUT2D eigenvalue weighted by Gasteiger charge is 2.16. The number of nitrogens with one attached hydrogen (secondary N) is 1. The minimum Gasteiger partial charge on any atom is -0.481 e. The number of hydrogen-bond acceptors (Lipinski definition) is 2. The van der Waals surface area contributed by atoms with Gasteiger partial charge in [0.2, 0.25) is 0 Å². The van der Waals surface area contributed by atoms with Crippen LogP contribution < -0.4 is 5.32 Å². The number of carbonyl (C=O) groups excluding carboxylic acids is 1. The van der Waals surface area contributed by atoms with Crippen molar-refractivity contribution in [3.05, 3.63) is 35.9 Å². The van der Waals surface area contributed by atoms with Gasteiger partial charge in [0.1, 0.15) is 0 Å². The summed E-state index contributed by atoms with van der Waals surface area (Å²) in [6, 6.07) is 9.52. The molecule has 0 saturated heterocycles. The number of urea groups is 1. The molecule has 5 heteroatoms. The lowest BCUT2D eigenvalue weighted by molar-refractivity contribution is -0.137. The first-order chi connectivity index (χ1) is 9.02. The average Bonchev–Trinajstić information content (AvgIpc) is 2.42. The fraction of sp³-hybridized carbons (Fsp3) is 0.429. The molecule has 0 bridgehead atoms. The molecule has 1 aromatic rings. The van der Waals surface area contributed by atoms with E-state index in [4.69, 9.17) is 5.11 Å². The van der Waals surface area contributed by atoms with Gasteiger partial charge in [0.05, 0.1) is 6.04 Å². The van der Waals surface area contributed by atoms with Crippen molar-refractivity contribution >= 4 is 12.0 Å². The van der Waals surface area contributed by atoms with E-state index in [9.17, 15) is 9.59 Å². The second-order valence-corrected chi connectivity index (χ2v) is 4.43. The number of amides is 2. The zero-order chi connectivity index (χ0) is 14.3. The second-order valence-electron chi connectivity index (χ2n) is 4.43. The van der Waals surface area contributed by atoms with Gasteiger partial charge < -0.3 is 15.3 Å². The Hall–Kier alpha value is -2.04. The van der Waals surface area contributed by atoms with Crippen molar-refractivity contribution < 1.29 is 14.7 Å². The van der Waals surface area contributed by atoms with Gasteiger partial charge in [-0.2, -0.15) is 0 Å². The molecule has 0 aromatic heterocycles.